The highest BCUT2D eigenvalue weighted by molar-refractivity contribution is 5.90. The molecule has 1 unspecified atom stereocenters. The lowest BCUT2D eigenvalue weighted by atomic mass is 9.93. The number of amides is 2. The van der Waals surface area contributed by atoms with Gasteiger partial charge in [0.05, 0.1) is 18.2 Å². The van der Waals surface area contributed by atoms with Crippen LogP contribution in [0.25, 0.3) is 0 Å². The second kappa shape index (κ2) is 6.99. The standard InChI is InChI=1S/C19H19F3N2O2/c1-12-6-7-14(10-16(12)19(20,21)22)23-18(26)24-9-8-13-4-2-3-5-15(13)17(24)11-25/h2-7,10,17,25H,8-9,11H2,1H3,(H,23,26). The van der Waals surface area contributed by atoms with Gasteiger partial charge < -0.3 is 15.3 Å². The van der Waals surface area contributed by atoms with Gasteiger partial charge in [0.15, 0.2) is 0 Å². The van der Waals surface area contributed by atoms with Crippen molar-refractivity contribution in [3.05, 3.63) is 64.7 Å². The quantitative estimate of drug-likeness (QED) is 0.842. The fourth-order valence-corrected chi connectivity index (χ4v) is 3.29. The molecule has 2 amide bonds. The Morgan fingerprint density at radius 3 is 2.69 bits per heavy atom. The second-order valence-electron chi connectivity index (χ2n) is 6.30. The van der Waals surface area contributed by atoms with Crippen molar-refractivity contribution in [1.29, 1.82) is 0 Å². The van der Waals surface area contributed by atoms with Gasteiger partial charge in [-0.15, -0.1) is 0 Å². The molecule has 1 atom stereocenters. The van der Waals surface area contributed by atoms with Crippen LogP contribution in [-0.4, -0.2) is 29.2 Å². The van der Waals surface area contributed by atoms with Crippen molar-refractivity contribution in [3.8, 4) is 0 Å². The van der Waals surface area contributed by atoms with Gasteiger partial charge in [-0.2, -0.15) is 13.2 Å². The highest BCUT2D eigenvalue weighted by Crippen LogP contribution is 2.34. The summed E-state index contributed by atoms with van der Waals surface area (Å²) in [6.45, 7) is 1.50. The van der Waals surface area contributed by atoms with Crippen molar-refractivity contribution in [1.82, 2.24) is 4.90 Å². The monoisotopic (exact) mass is 364 g/mol. The van der Waals surface area contributed by atoms with Crippen molar-refractivity contribution in [3.63, 3.8) is 0 Å². The molecule has 4 nitrogen and oxygen atoms in total. The SMILES string of the molecule is Cc1ccc(NC(=O)N2CCc3ccccc3C2CO)cc1C(F)(F)F. The molecule has 138 valence electrons. The first-order chi connectivity index (χ1) is 12.3. The number of fused-ring (bicyclic) bond motifs is 1. The Morgan fingerprint density at radius 1 is 1.27 bits per heavy atom. The van der Waals surface area contributed by atoms with Crippen LogP contribution < -0.4 is 5.32 Å². The highest BCUT2D eigenvalue weighted by Gasteiger charge is 2.33. The second-order valence-corrected chi connectivity index (χ2v) is 6.30. The number of aliphatic hydroxyl groups is 1. The van der Waals surface area contributed by atoms with E-state index in [1.807, 2.05) is 24.3 Å². The number of hydrogen-bond donors (Lipinski definition) is 2. The average Bonchev–Trinajstić information content (AvgIpc) is 2.61. The van der Waals surface area contributed by atoms with Crippen molar-refractivity contribution < 1.29 is 23.1 Å². The average molecular weight is 364 g/mol. The van der Waals surface area contributed by atoms with Crippen LogP contribution in [0.15, 0.2) is 42.5 Å². The summed E-state index contributed by atoms with van der Waals surface area (Å²) in [7, 11) is 0. The van der Waals surface area contributed by atoms with Gasteiger partial charge in [0.2, 0.25) is 0 Å². The van der Waals surface area contributed by atoms with Crippen molar-refractivity contribution in [2.45, 2.75) is 25.6 Å². The zero-order valence-electron chi connectivity index (χ0n) is 14.2. The van der Waals surface area contributed by atoms with Gasteiger partial charge in [-0.05, 0) is 42.2 Å². The summed E-state index contributed by atoms with van der Waals surface area (Å²) in [5, 5.41) is 12.3. The van der Waals surface area contributed by atoms with E-state index in [9.17, 15) is 23.1 Å². The Bertz CT molecular complexity index is 821. The third-order valence-corrected chi connectivity index (χ3v) is 4.64. The Labute approximate surface area is 149 Å². The van der Waals surface area contributed by atoms with Crippen LogP contribution in [-0.2, 0) is 12.6 Å². The molecule has 0 saturated heterocycles. The van der Waals surface area contributed by atoms with Crippen LogP contribution in [0.2, 0.25) is 0 Å². The number of nitrogens with zero attached hydrogens (tertiary/aromatic N) is 1. The van der Waals surface area contributed by atoms with E-state index in [2.05, 4.69) is 5.32 Å². The van der Waals surface area contributed by atoms with E-state index in [0.29, 0.717) is 13.0 Å². The Morgan fingerprint density at radius 2 is 2.00 bits per heavy atom. The van der Waals surface area contributed by atoms with Gasteiger partial charge in [0.25, 0.3) is 0 Å². The van der Waals surface area contributed by atoms with Gasteiger partial charge in [-0.1, -0.05) is 30.3 Å². The highest BCUT2D eigenvalue weighted by atomic mass is 19.4. The molecule has 0 aliphatic carbocycles. The van der Waals surface area contributed by atoms with Gasteiger partial charge in [0, 0.05) is 12.2 Å². The number of urea groups is 1. The molecule has 1 aliphatic rings. The van der Waals surface area contributed by atoms with Gasteiger partial charge in [-0.3, -0.25) is 0 Å². The summed E-state index contributed by atoms with van der Waals surface area (Å²) in [6.07, 6.45) is -3.86. The van der Waals surface area contributed by atoms with E-state index in [0.717, 1.165) is 17.2 Å². The molecular weight excluding hydrogens is 345 g/mol. The largest absolute Gasteiger partial charge is 0.416 e. The number of carbonyl (C=O) groups is 1. The molecule has 2 N–H and O–H groups in total. The first kappa shape index (κ1) is 18.3. The molecule has 1 aliphatic heterocycles. The first-order valence-electron chi connectivity index (χ1n) is 8.25. The van der Waals surface area contributed by atoms with Crippen LogP contribution in [0.4, 0.5) is 23.7 Å². The molecule has 0 fully saturated rings. The maximum atomic E-state index is 13.0. The zero-order valence-corrected chi connectivity index (χ0v) is 14.2. The normalized spacial score (nSPS) is 17.0. The third kappa shape index (κ3) is 3.53. The summed E-state index contributed by atoms with van der Waals surface area (Å²) < 4.78 is 39.1. The first-order valence-corrected chi connectivity index (χ1v) is 8.25. The van der Waals surface area contributed by atoms with E-state index in [1.165, 1.54) is 24.0 Å². The fraction of sp³-hybridized carbons (Fsp3) is 0.316. The molecule has 0 aromatic heterocycles. The van der Waals surface area contributed by atoms with E-state index in [1.54, 1.807) is 0 Å². The van der Waals surface area contributed by atoms with Crippen molar-refractivity contribution in [2.24, 2.45) is 0 Å². The molecule has 3 rings (SSSR count). The molecule has 26 heavy (non-hydrogen) atoms. The molecule has 0 radical (unpaired) electrons. The molecular formula is C19H19F3N2O2. The summed E-state index contributed by atoms with van der Waals surface area (Å²) in [5.41, 5.74) is 1.30. The van der Waals surface area contributed by atoms with E-state index in [-0.39, 0.29) is 17.9 Å². The minimum Gasteiger partial charge on any atom is -0.394 e. The summed E-state index contributed by atoms with van der Waals surface area (Å²) in [6, 6.07) is 10.2. The maximum Gasteiger partial charge on any atom is 0.416 e. The van der Waals surface area contributed by atoms with Crippen LogP contribution in [0.5, 0.6) is 0 Å². The fourth-order valence-electron chi connectivity index (χ4n) is 3.29. The van der Waals surface area contributed by atoms with Crippen LogP contribution in [0, 0.1) is 6.92 Å². The number of anilines is 1. The number of aryl methyl sites for hydroxylation is 1. The van der Waals surface area contributed by atoms with E-state index >= 15 is 0 Å². The lowest BCUT2D eigenvalue weighted by Crippen LogP contribution is -2.43. The molecule has 0 spiro atoms. The molecule has 0 bridgehead atoms. The summed E-state index contributed by atoms with van der Waals surface area (Å²) in [4.78, 5) is 14.1. The van der Waals surface area contributed by atoms with Crippen LogP contribution in [0.1, 0.15) is 28.3 Å². The smallest absolute Gasteiger partial charge is 0.394 e. The predicted molar refractivity (Wildman–Crippen MR) is 91.9 cm³/mol. The van der Waals surface area contributed by atoms with Gasteiger partial charge in [0.1, 0.15) is 0 Å². The molecule has 1 heterocycles. The number of nitrogens with one attached hydrogen (secondary N) is 1. The summed E-state index contributed by atoms with van der Waals surface area (Å²) >= 11 is 0. The number of alkyl halides is 3. The maximum absolute atomic E-state index is 13.0. The van der Waals surface area contributed by atoms with Crippen LogP contribution in [0.3, 0.4) is 0 Å². The number of rotatable bonds is 2. The Balaban J connectivity index is 1.83. The zero-order chi connectivity index (χ0) is 18.9. The molecule has 7 heteroatoms. The topological polar surface area (TPSA) is 52.6 Å². The predicted octanol–water partition coefficient (Wildman–Crippen LogP) is 4.14. The lowest BCUT2D eigenvalue weighted by molar-refractivity contribution is -0.138. The Kier molecular flexibility index (Phi) is 4.91. The van der Waals surface area contributed by atoms with E-state index < -0.39 is 23.8 Å². The van der Waals surface area contributed by atoms with Crippen molar-refractivity contribution in [2.75, 3.05) is 18.5 Å². The molecule has 0 saturated carbocycles. The number of hydrogen-bond acceptors (Lipinski definition) is 2. The van der Waals surface area contributed by atoms with Crippen LogP contribution >= 0.6 is 0 Å². The number of aliphatic hydroxyl groups excluding tert-OH is 1. The molecule has 2 aromatic rings. The summed E-state index contributed by atoms with van der Waals surface area (Å²) in [5.74, 6) is 0. The minimum absolute atomic E-state index is 0.0727. The van der Waals surface area contributed by atoms with Gasteiger partial charge in [-0.25, -0.2) is 4.79 Å². The minimum atomic E-state index is -4.48. The third-order valence-electron chi connectivity index (χ3n) is 4.64. The number of benzene rings is 2. The van der Waals surface area contributed by atoms with Crippen molar-refractivity contribution >= 4 is 11.7 Å². The number of halogens is 3. The Hall–Kier alpha value is -2.54. The molecule has 2 aromatic carbocycles. The lowest BCUT2D eigenvalue weighted by Gasteiger charge is -2.36. The van der Waals surface area contributed by atoms with Gasteiger partial charge >= 0.3 is 12.2 Å². The number of carbonyl (C=O) groups excluding carboxylic acids is 1. The van der Waals surface area contributed by atoms with E-state index in [4.69, 9.17) is 0 Å².